The Morgan fingerprint density at radius 1 is 0.517 bits per heavy atom. The van der Waals surface area contributed by atoms with Crippen LogP contribution in [-0.4, -0.2) is 296 Å². The number of rotatable bonds is 49. The number of hydrogen-bond donors (Lipinski definition) is 24. The number of ether oxygens (including phenoxy) is 1. The van der Waals surface area contributed by atoms with Crippen LogP contribution < -0.4 is 75.5 Å². The average Bonchev–Trinajstić information content (AvgIpc) is 1.66. The van der Waals surface area contributed by atoms with Gasteiger partial charge in [-0.1, -0.05) is 96.0 Å². The van der Waals surface area contributed by atoms with Gasteiger partial charge in [0.05, 0.1) is 31.7 Å². The summed E-state index contributed by atoms with van der Waals surface area (Å²) < 4.78 is 5.33. The molecule has 14 atom stereocenters. The number of benzene rings is 2. The van der Waals surface area contributed by atoms with Gasteiger partial charge in [-0.05, 0) is 119 Å². The number of ketones is 2. The lowest BCUT2D eigenvalue weighted by Crippen LogP contribution is -2.61. The van der Waals surface area contributed by atoms with Gasteiger partial charge in [-0.25, -0.2) is 5.43 Å². The molecule has 1 aliphatic heterocycles. The van der Waals surface area contributed by atoms with E-state index < -0.39 is 229 Å². The summed E-state index contributed by atoms with van der Waals surface area (Å²) in [5.41, 5.74) is 8.51. The maximum atomic E-state index is 14.4. The third-order valence-corrected chi connectivity index (χ3v) is 22.3. The van der Waals surface area contributed by atoms with E-state index >= 15 is 0 Å². The number of aromatic hydroxyl groups is 2. The van der Waals surface area contributed by atoms with Crippen molar-refractivity contribution in [3.63, 3.8) is 0 Å². The first-order valence-electron chi connectivity index (χ1n) is 35.3. The molecular formula is C68H109N15O21S12. The quantitative estimate of drug-likeness (QED) is 0.00868. The predicted molar refractivity (Wildman–Crippen MR) is 474 cm³/mol. The van der Waals surface area contributed by atoms with E-state index in [0.717, 1.165) is 4.90 Å². The van der Waals surface area contributed by atoms with Crippen LogP contribution in [0.15, 0.2) is 48.5 Å². The molecule has 36 nitrogen and oxygen atoms in total. The fraction of sp³-hybridized carbons (Fsp3) is 0.588. The first-order valence-corrected chi connectivity index (χ1v) is 48.0. The molecule has 20 N–H and O–H groups in total. The number of carbonyl (C=O) groups excluding carboxylic acids is 15. The van der Waals surface area contributed by atoms with Crippen LogP contribution in [0.3, 0.4) is 0 Å². The van der Waals surface area contributed by atoms with Gasteiger partial charge in [-0.2, -0.15) is 75.8 Å². The van der Waals surface area contributed by atoms with Crippen molar-refractivity contribution in [2.75, 3.05) is 91.7 Å². The van der Waals surface area contributed by atoms with Crippen LogP contribution in [0.5, 0.6) is 11.5 Å². The SMILES string of the molecule is CCCOC(=O)C(Cc1ccc(O)cc1)N[C@@H](CS)C(=O)C(=O)[C@H](CS)NC(=O)C(CCC(=O)O)NC(=O)[C@H](Cc1ccc(O)cc1)NC(=O)C(CS)NC(=O)[C@H](CS)NC(=O)C(CC(N)=O)NC(=O)[C@@H]1CCCN1C(=O)C(C)NC(=O)[C@H](CS)NC(=O)[C@@H](NC(=O)CNC(=O)[C@H](CS)NN)[C@@H](C)O.CSSC.CSSC.CSSC. The second-order valence-corrected chi connectivity index (χ2v) is 34.9. The maximum Gasteiger partial charge on any atom is 0.323 e. The van der Waals surface area contributed by atoms with E-state index in [1.54, 1.807) is 71.7 Å². The number of thiol groups is 6. The third-order valence-electron chi connectivity index (χ3n) is 16.1. The molecular weight excluding hydrogens is 1750 g/mol. The summed E-state index contributed by atoms with van der Waals surface area (Å²) >= 11 is 24.9. The molecule has 0 aromatic heterocycles. The largest absolute Gasteiger partial charge is 0.508 e. The number of nitrogens with zero attached hydrogens (tertiary/aromatic N) is 1. The highest BCUT2D eigenvalue weighted by Crippen LogP contribution is 2.21. The number of aliphatic hydroxyl groups excluding tert-OH is 1. The van der Waals surface area contributed by atoms with E-state index in [1.165, 1.54) is 62.4 Å². The van der Waals surface area contributed by atoms with Crippen LogP contribution in [0, 0.1) is 0 Å². The number of amides is 12. The molecule has 1 saturated heterocycles. The van der Waals surface area contributed by atoms with E-state index in [-0.39, 0.29) is 61.2 Å². The number of phenols is 2. The number of nitrogens with one attached hydrogen (secondary N) is 12. The zero-order chi connectivity index (χ0) is 88.3. The Hall–Kier alpha value is -6.00. The molecule has 1 aliphatic rings. The normalized spacial score (nSPS) is 15.4. The van der Waals surface area contributed by atoms with Gasteiger partial charge in [0.1, 0.15) is 84.0 Å². The fourth-order valence-electron chi connectivity index (χ4n) is 9.93. The molecule has 0 radical (unpaired) electrons. The number of Topliss-reactive ketones (excluding diaryl/α,β-unsaturated/α-hetero) is 2. The van der Waals surface area contributed by atoms with Crippen LogP contribution in [0.25, 0.3) is 0 Å². The van der Waals surface area contributed by atoms with Gasteiger partial charge in [-0.3, -0.25) is 87.9 Å². The zero-order valence-corrected chi connectivity index (χ0v) is 75.5. The van der Waals surface area contributed by atoms with Crippen LogP contribution >= 0.6 is 141 Å². The Morgan fingerprint density at radius 2 is 0.922 bits per heavy atom. The number of esters is 1. The van der Waals surface area contributed by atoms with Gasteiger partial charge in [0.25, 0.3) is 0 Å². The Bertz CT molecular complexity index is 3470. The lowest BCUT2D eigenvalue weighted by atomic mass is 10.0. The first-order chi connectivity index (χ1) is 54.9. The van der Waals surface area contributed by atoms with Gasteiger partial charge in [0.15, 0.2) is 0 Å². The van der Waals surface area contributed by atoms with Crippen molar-refractivity contribution in [1.29, 1.82) is 0 Å². The van der Waals surface area contributed by atoms with Crippen molar-refractivity contribution >= 4 is 235 Å². The summed E-state index contributed by atoms with van der Waals surface area (Å²) in [7, 11) is 10.6. The standard InChI is InChI=1S/C62H91N15O21S6.3C2H6S2/c1-4-18-98-62(97)38(20-32-9-13-34(80)14-10-32)67-39(23-99)50(85)51(86)40(24-100)71-53(88)35(15-16-48(83)84)68-54(89)36(19-31-7-11-33(79)12-8-31)69-57(92)42(26-102)73-58(93)43(27-103)72-55(90)37(21-46(63)81)70-59(94)45-6-5-17-77(45)61(96)29(2)66-56(91)41(25-101)74-60(95)49(30(3)78)75-47(82)22-65-52(87)44(28-104)76-64;3*1-3-4-2/h7-14,29-30,35-45,49,67,76,78-80,99-104H,4-6,15-28,64H2,1-3H3,(H2,63,81)(H,65,87)(H,66,91)(H,68,89)(H,69,92)(H,70,94)(H,71,88)(H,72,90)(H,73,93)(H,74,95)(H,75,82)(H,83,84);3*1-2H3/t29?,30-,35?,36+,37?,38?,39+,40+,41+,42?,43+,44+,45+,49+;;;/m1.../s1. The number of carbonyl (C=O) groups is 16. The minimum atomic E-state index is -1.81. The number of nitrogens with two attached hydrogens (primary N) is 2. The van der Waals surface area contributed by atoms with Crippen molar-refractivity contribution < 1.29 is 102 Å². The van der Waals surface area contributed by atoms with Crippen molar-refractivity contribution in [2.45, 2.75) is 157 Å². The Balaban J connectivity index is 0.0000103. The lowest BCUT2D eigenvalue weighted by molar-refractivity contribution is -0.147. The molecule has 0 bridgehead atoms. The molecule has 0 aliphatic carbocycles. The van der Waals surface area contributed by atoms with Gasteiger partial charge >= 0.3 is 11.9 Å². The highest BCUT2D eigenvalue weighted by atomic mass is 33.1. The average molecular weight is 1860 g/mol. The van der Waals surface area contributed by atoms with Crippen molar-refractivity contribution in [3.8, 4) is 11.5 Å². The number of carboxylic acid groups (broad SMARTS) is 1. The molecule has 2 aromatic carbocycles. The van der Waals surface area contributed by atoms with E-state index in [9.17, 15) is 97.1 Å². The summed E-state index contributed by atoms with van der Waals surface area (Å²) in [6, 6.07) is -8.76. The number of primary amides is 1. The van der Waals surface area contributed by atoms with Crippen molar-refractivity contribution in [3.05, 3.63) is 59.7 Å². The summed E-state index contributed by atoms with van der Waals surface area (Å²) in [5.74, 6) is -14.1. The Kier molecular flexibility index (Phi) is 59.0. The van der Waals surface area contributed by atoms with E-state index in [1.807, 2.05) is 0 Å². The van der Waals surface area contributed by atoms with Crippen molar-refractivity contribution in [2.24, 2.45) is 11.6 Å². The van der Waals surface area contributed by atoms with E-state index in [4.69, 9.17) is 16.3 Å². The zero-order valence-electron chi connectivity index (χ0n) is 65.2. The second kappa shape index (κ2) is 62.2. The monoisotopic (exact) mass is 1860 g/mol. The Morgan fingerprint density at radius 3 is 1.35 bits per heavy atom. The Labute approximate surface area is 731 Å². The number of aliphatic hydroxyl groups is 1. The van der Waals surface area contributed by atoms with Crippen LogP contribution in [-0.2, 0) is 94.3 Å². The maximum absolute atomic E-state index is 14.4. The smallest absolute Gasteiger partial charge is 0.323 e. The number of phenolic OH excluding ortho intramolecular Hbond substituents is 2. The van der Waals surface area contributed by atoms with Crippen LogP contribution in [0.4, 0.5) is 0 Å². The molecule has 0 spiro atoms. The summed E-state index contributed by atoms with van der Waals surface area (Å²) in [6.45, 7) is 3.53. The van der Waals surface area contributed by atoms with Crippen LogP contribution in [0.2, 0.25) is 0 Å². The number of aliphatic carboxylic acids is 1. The van der Waals surface area contributed by atoms with Gasteiger partial charge in [-0.15, -0.1) is 0 Å². The minimum absolute atomic E-state index is 0.00859. The van der Waals surface area contributed by atoms with Crippen molar-refractivity contribution in [1.82, 2.24) is 68.8 Å². The topological polar surface area (TPSA) is 563 Å². The molecule has 48 heteroatoms. The molecule has 5 unspecified atom stereocenters. The third kappa shape index (κ3) is 42.3. The predicted octanol–water partition coefficient (Wildman–Crippen LogP) is -1.79. The first kappa shape index (κ1) is 110. The van der Waals surface area contributed by atoms with Gasteiger partial charge < -0.3 is 89.0 Å². The highest BCUT2D eigenvalue weighted by Gasteiger charge is 2.41. The van der Waals surface area contributed by atoms with Gasteiger partial charge in [0.2, 0.25) is 82.5 Å². The number of hydrogen-bond acceptors (Lipinski definition) is 35. The summed E-state index contributed by atoms with van der Waals surface area (Å²) in [5, 5.41) is 66.1. The van der Waals surface area contributed by atoms with E-state index in [0.29, 0.717) is 17.5 Å². The number of hydrazine groups is 1. The molecule has 2 aromatic rings. The molecule has 1 heterocycles. The summed E-state index contributed by atoms with van der Waals surface area (Å²) in [6.07, 6.45) is 8.81. The minimum Gasteiger partial charge on any atom is -0.508 e. The van der Waals surface area contributed by atoms with Crippen LogP contribution in [0.1, 0.15) is 70.4 Å². The summed E-state index contributed by atoms with van der Waals surface area (Å²) in [4.78, 5) is 216. The molecule has 654 valence electrons. The molecule has 0 saturated carbocycles. The molecule has 1 fully saturated rings. The second-order valence-electron chi connectivity index (χ2n) is 24.7. The highest BCUT2D eigenvalue weighted by molar-refractivity contribution is 8.76. The molecule has 12 amide bonds. The lowest BCUT2D eigenvalue weighted by Gasteiger charge is -2.29. The molecule has 116 heavy (non-hydrogen) atoms. The number of likely N-dealkylation sites (tertiary alicyclic amines) is 1. The molecule has 3 rings (SSSR count). The van der Waals surface area contributed by atoms with Gasteiger partial charge in [0, 0.05) is 53.9 Å². The fourth-order valence-corrected chi connectivity index (χ4v) is 11.5. The van der Waals surface area contributed by atoms with E-state index in [2.05, 4.69) is 177 Å². The number of carboxylic acids is 1.